The third kappa shape index (κ3) is 7.04. The molecule has 9 heteroatoms. The van der Waals surface area contributed by atoms with Crippen molar-refractivity contribution in [2.45, 2.75) is 19.1 Å². The van der Waals surface area contributed by atoms with Crippen LogP contribution in [0.2, 0.25) is 0 Å². The summed E-state index contributed by atoms with van der Waals surface area (Å²) in [5, 5.41) is 21.6. The molecule has 0 bridgehead atoms. The summed E-state index contributed by atoms with van der Waals surface area (Å²) in [7, 11) is 0. The normalized spacial score (nSPS) is 12.9. The van der Waals surface area contributed by atoms with Crippen LogP contribution < -0.4 is 10.8 Å². The Morgan fingerprint density at radius 2 is 1.93 bits per heavy atom. The molecule has 0 saturated carbocycles. The molecule has 0 radical (unpaired) electrons. The highest BCUT2D eigenvalue weighted by molar-refractivity contribution is 14.1. The van der Waals surface area contributed by atoms with Crippen molar-refractivity contribution in [2.24, 2.45) is 0 Å². The van der Waals surface area contributed by atoms with Gasteiger partial charge >= 0.3 is 6.09 Å². The van der Waals surface area contributed by atoms with E-state index in [1.54, 1.807) is 43.3 Å². The lowest BCUT2D eigenvalue weighted by Gasteiger charge is -2.26. The molecule has 0 fully saturated rings. The van der Waals surface area contributed by atoms with Crippen molar-refractivity contribution in [3.63, 3.8) is 0 Å². The Labute approximate surface area is 181 Å². The summed E-state index contributed by atoms with van der Waals surface area (Å²) in [6.07, 6.45) is -0.325. The molecule has 0 heterocycles. The highest BCUT2D eigenvalue weighted by Crippen LogP contribution is 2.33. The number of anilines is 1. The van der Waals surface area contributed by atoms with Crippen LogP contribution in [0.4, 0.5) is 10.5 Å². The molecule has 29 heavy (non-hydrogen) atoms. The number of carbonyl (C=O) groups is 2. The van der Waals surface area contributed by atoms with E-state index >= 15 is 0 Å². The number of halogens is 1. The van der Waals surface area contributed by atoms with Crippen LogP contribution in [0.5, 0.6) is 5.75 Å². The molecule has 0 aliphatic rings. The quantitative estimate of drug-likeness (QED) is 0.185. The van der Waals surface area contributed by atoms with Crippen molar-refractivity contribution < 1.29 is 29.4 Å². The molecular formula is C20H21IN2O6. The number of carbonyl (C=O) groups excluding carboxylic acids is 2. The predicted molar refractivity (Wildman–Crippen MR) is 115 cm³/mol. The molecule has 0 unspecified atom stereocenters. The number of phenols is 1. The molecule has 8 nitrogen and oxygen atoms in total. The van der Waals surface area contributed by atoms with Crippen molar-refractivity contribution in [3.8, 4) is 5.75 Å². The van der Waals surface area contributed by atoms with Crippen LogP contribution in [-0.2, 0) is 14.3 Å². The molecule has 154 valence electrons. The Morgan fingerprint density at radius 1 is 1.21 bits per heavy atom. The summed E-state index contributed by atoms with van der Waals surface area (Å²) in [6.45, 7) is 1.99. The fraction of sp³-hybridized carbons (Fsp3) is 0.200. The largest absolute Gasteiger partial charge is 0.508 e. The van der Waals surface area contributed by atoms with Gasteiger partial charge in [0.05, 0.1) is 0 Å². The third-order valence-electron chi connectivity index (χ3n) is 3.76. The standard InChI is InChI=1S/C20H21IN2O6/c1-2-28-17(10-11-18(25)23-27)19(15-12-13(21)8-9-16(15)24)29-20(26)22-14-6-4-3-5-7-14/h3-12,17,19,24,27H,2H2,1H3,(H,22,26)(H,23,25)/b11-10+/t17-,19-/m1/s1. The molecule has 4 N–H and O–H groups in total. The van der Waals surface area contributed by atoms with E-state index in [1.165, 1.54) is 17.6 Å². The number of hydroxylamine groups is 1. The molecule has 2 rings (SSSR count). The first kappa shape index (κ1) is 22.7. The van der Waals surface area contributed by atoms with E-state index in [9.17, 15) is 14.7 Å². The number of ether oxygens (including phenoxy) is 2. The lowest BCUT2D eigenvalue weighted by Crippen LogP contribution is -2.28. The smallest absolute Gasteiger partial charge is 0.412 e. The summed E-state index contributed by atoms with van der Waals surface area (Å²) in [5.74, 6) is -0.860. The number of phenolic OH excluding ortho intramolecular Hbond substituents is 1. The average molecular weight is 512 g/mol. The second kappa shape index (κ2) is 11.4. The molecular weight excluding hydrogens is 491 g/mol. The van der Waals surface area contributed by atoms with E-state index in [0.29, 0.717) is 11.3 Å². The minimum Gasteiger partial charge on any atom is -0.508 e. The molecule has 0 aliphatic heterocycles. The Kier molecular flexibility index (Phi) is 8.90. The molecule has 0 spiro atoms. The van der Waals surface area contributed by atoms with E-state index in [0.717, 1.165) is 9.65 Å². The molecule has 2 atom stereocenters. The Morgan fingerprint density at radius 3 is 2.59 bits per heavy atom. The van der Waals surface area contributed by atoms with Crippen LogP contribution in [-0.4, -0.2) is 35.0 Å². The monoisotopic (exact) mass is 512 g/mol. The molecule has 0 aliphatic carbocycles. The van der Waals surface area contributed by atoms with Gasteiger partial charge in [-0.2, -0.15) is 0 Å². The van der Waals surface area contributed by atoms with Gasteiger partial charge in [0.25, 0.3) is 5.91 Å². The average Bonchev–Trinajstić information content (AvgIpc) is 2.72. The van der Waals surface area contributed by atoms with E-state index in [-0.39, 0.29) is 12.4 Å². The number of hydrogen-bond acceptors (Lipinski definition) is 6. The van der Waals surface area contributed by atoms with Gasteiger partial charge in [-0.25, -0.2) is 10.3 Å². The summed E-state index contributed by atoms with van der Waals surface area (Å²) in [4.78, 5) is 23.9. The number of aromatic hydroxyl groups is 1. The fourth-order valence-electron chi connectivity index (χ4n) is 2.50. The van der Waals surface area contributed by atoms with Gasteiger partial charge in [0.2, 0.25) is 0 Å². The number of amides is 2. The first-order valence-electron chi connectivity index (χ1n) is 8.69. The van der Waals surface area contributed by atoms with Crippen LogP contribution in [0.1, 0.15) is 18.6 Å². The minimum atomic E-state index is -1.06. The van der Waals surface area contributed by atoms with Crippen LogP contribution in [0.3, 0.4) is 0 Å². The van der Waals surface area contributed by atoms with E-state index in [2.05, 4.69) is 27.9 Å². The van der Waals surface area contributed by atoms with E-state index in [1.807, 2.05) is 6.07 Å². The van der Waals surface area contributed by atoms with Crippen LogP contribution >= 0.6 is 22.6 Å². The Balaban J connectivity index is 2.35. The van der Waals surface area contributed by atoms with Crippen LogP contribution in [0.25, 0.3) is 0 Å². The van der Waals surface area contributed by atoms with Gasteiger partial charge in [0.15, 0.2) is 6.10 Å². The molecule has 2 amide bonds. The topological polar surface area (TPSA) is 117 Å². The maximum atomic E-state index is 12.5. The minimum absolute atomic E-state index is 0.0901. The summed E-state index contributed by atoms with van der Waals surface area (Å²) in [6, 6.07) is 13.6. The van der Waals surface area contributed by atoms with Crippen LogP contribution in [0.15, 0.2) is 60.7 Å². The number of benzene rings is 2. The second-order valence-electron chi connectivity index (χ2n) is 5.78. The molecule has 0 aromatic heterocycles. The summed E-state index contributed by atoms with van der Waals surface area (Å²) >= 11 is 2.07. The Bertz CT molecular complexity index is 859. The zero-order chi connectivity index (χ0) is 21.2. The maximum absolute atomic E-state index is 12.5. The first-order valence-corrected chi connectivity index (χ1v) is 9.77. The highest BCUT2D eigenvalue weighted by Gasteiger charge is 2.29. The second-order valence-corrected chi connectivity index (χ2v) is 7.02. The van der Waals surface area contributed by atoms with Crippen molar-refractivity contribution in [2.75, 3.05) is 11.9 Å². The van der Waals surface area contributed by atoms with Crippen molar-refractivity contribution in [3.05, 3.63) is 69.8 Å². The lowest BCUT2D eigenvalue weighted by atomic mass is 10.0. The molecule has 2 aromatic rings. The lowest BCUT2D eigenvalue weighted by molar-refractivity contribution is -0.124. The van der Waals surface area contributed by atoms with Gasteiger partial charge in [-0.1, -0.05) is 18.2 Å². The number of nitrogens with one attached hydrogen (secondary N) is 2. The summed E-state index contributed by atoms with van der Waals surface area (Å²) in [5.41, 5.74) is 2.33. The molecule has 2 aromatic carbocycles. The van der Waals surface area contributed by atoms with Gasteiger partial charge < -0.3 is 14.6 Å². The van der Waals surface area contributed by atoms with Crippen molar-refractivity contribution in [1.29, 1.82) is 0 Å². The van der Waals surface area contributed by atoms with Gasteiger partial charge in [-0.15, -0.1) is 0 Å². The van der Waals surface area contributed by atoms with Crippen LogP contribution in [0, 0.1) is 3.57 Å². The van der Waals surface area contributed by atoms with Crippen molar-refractivity contribution >= 4 is 40.3 Å². The van der Waals surface area contributed by atoms with Gasteiger partial charge in [0.1, 0.15) is 11.9 Å². The first-order chi connectivity index (χ1) is 13.9. The maximum Gasteiger partial charge on any atom is 0.412 e. The molecule has 0 saturated heterocycles. The van der Waals surface area contributed by atoms with Gasteiger partial charge in [-0.05, 0) is 65.9 Å². The van der Waals surface area contributed by atoms with E-state index < -0.39 is 24.2 Å². The third-order valence-corrected chi connectivity index (χ3v) is 4.43. The fourth-order valence-corrected chi connectivity index (χ4v) is 3.02. The van der Waals surface area contributed by atoms with Gasteiger partial charge in [-0.3, -0.25) is 15.3 Å². The SMILES string of the molecule is CCO[C@H](/C=C/C(=O)NO)[C@H](OC(=O)Nc1ccccc1)c1cc(I)ccc1O. The number of para-hydroxylation sites is 1. The van der Waals surface area contributed by atoms with E-state index in [4.69, 9.17) is 14.7 Å². The van der Waals surface area contributed by atoms with Gasteiger partial charge in [0, 0.05) is 27.5 Å². The Hall–Kier alpha value is -2.63. The zero-order valence-electron chi connectivity index (χ0n) is 15.5. The predicted octanol–water partition coefficient (Wildman–Crippen LogP) is 3.75. The highest BCUT2D eigenvalue weighted by atomic mass is 127. The number of hydrogen-bond donors (Lipinski definition) is 4. The number of rotatable bonds is 8. The zero-order valence-corrected chi connectivity index (χ0v) is 17.7. The van der Waals surface area contributed by atoms with Crippen molar-refractivity contribution in [1.82, 2.24) is 5.48 Å². The summed E-state index contributed by atoms with van der Waals surface area (Å²) < 4.78 is 12.0.